The van der Waals surface area contributed by atoms with Crippen LogP contribution in [0, 0.1) is 5.82 Å². The van der Waals surface area contributed by atoms with E-state index in [1.807, 2.05) is 0 Å². The van der Waals surface area contributed by atoms with E-state index < -0.39 is 12.7 Å². The van der Waals surface area contributed by atoms with Crippen LogP contribution in [0.4, 0.5) is 23.4 Å². The zero-order chi connectivity index (χ0) is 15.7. The Bertz CT molecular complexity index is 652. The topological polar surface area (TPSA) is 24.9 Å². The van der Waals surface area contributed by atoms with Gasteiger partial charge in [-0.3, -0.25) is 0 Å². The van der Waals surface area contributed by atoms with E-state index in [-0.39, 0.29) is 23.5 Å². The van der Waals surface area contributed by atoms with Gasteiger partial charge in [-0.15, -0.1) is 0 Å². The maximum absolute atomic E-state index is 13.7. The number of benzene rings is 1. The Morgan fingerprint density at radius 2 is 1.86 bits per heavy atom. The average molecular weight is 310 g/mol. The predicted molar refractivity (Wildman–Crippen MR) is 75.3 cm³/mol. The second-order valence-corrected chi connectivity index (χ2v) is 5.42. The molecule has 2 aromatic rings. The average Bonchev–Trinajstić information content (AvgIpc) is 3.26. The van der Waals surface area contributed by atoms with Gasteiger partial charge in [-0.2, -0.15) is 13.2 Å². The van der Waals surface area contributed by atoms with Gasteiger partial charge in [0, 0.05) is 6.20 Å². The van der Waals surface area contributed by atoms with Crippen molar-refractivity contribution in [3.63, 3.8) is 0 Å². The molecule has 1 heterocycles. The van der Waals surface area contributed by atoms with Crippen LogP contribution >= 0.6 is 0 Å². The fourth-order valence-electron chi connectivity index (χ4n) is 2.60. The summed E-state index contributed by atoms with van der Waals surface area (Å²) < 4.78 is 50.0. The standard InChI is InChI=1S/C16H14F4N2/c17-14-4-2-1-3-11(14)13-7-12(13)10-5-6-15(21-8-10)22-9-16(18,19)20/h1-6,8,12-13H,7,9H2,(H,21,22)/t12?,13-/m1/s1. The SMILES string of the molecule is Fc1ccccc1[C@H]1CC1c1ccc(NCC(F)(F)F)nc1. The Morgan fingerprint density at radius 3 is 2.50 bits per heavy atom. The highest BCUT2D eigenvalue weighted by Gasteiger charge is 2.41. The van der Waals surface area contributed by atoms with Gasteiger partial charge >= 0.3 is 6.18 Å². The van der Waals surface area contributed by atoms with Gasteiger partial charge in [-0.1, -0.05) is 24.3 Å². The number of nitrogens with zero attached hydrogens (tertiary/aromatic N) is 1. The van der Waals surface area contributed by atoms with E-state index in [0.717, 1.165) is 12.0 Å². The summed E-state index contributed by atoms with van der Waals surface area (Å²) in [6.07, 6.45) is -1.88. The molecule has 1 aliphatic carbocycles. The fourth-order valence-corrected chi connectivity index (χ4v) is 2.60. The van der Waals surface area contributed by atoms with Gasteiger partial charge in [0.2, 0.25) is 0 Å². The maximum atomic E-state index is 13.7. The van der Waals surface area contributed by atoms with Crippen LogP contribution in [0.5, 0.6) is 0 Å². The number of anilines is 1. The molecule has 2 nitrogen and oxygen atoms in total. The Hall–Kier alpha value is -2.11. The van der Waals surface area contributed by atoms with Crippen molar-refractivity contribution in [2.45, 2.75) is 24.4 Å². The minimum Gasteiger partial charge on any atom is -0.361 e. The summed E-state index contributed by atoms with van der Waals surface area (Å²) in [5.41, 5.74) is 1.61. The third-order valence-electron chi connectivity index (χ3n) is 3.78. The monoisotopic (exact) mass is 310 g/mol. The number of aromatic nitrogens is 1. The van der Waals surface area contributed by atoms with Crippen molar-refractivity contribution in [2.75, 3.05) is 11.9 Å². The molecule has 1 fully saturated rings. The predicted octanol–water partition coefficient (Wildman–Crippen LogP) is 4.47. The number of hydrogen-bond acceptors (Lipinski definition) is 2. The number of hydrogen-bond donors (Lipinski definition) is 1. The van der Waals surface area contributed by atoms with Gasteiger partial charge in [0.25, 0.3) is 0 Å². The summed E-state index contributed by atoms with van der Waals surface area (Å²) in [4.78, 5) is 3.99. The Morgan fingerprint density at radius 1 is 1.09 bits per heavy atom. The van der Waals surface area contributed by atoms with Crippen LogP contribution in [0.25, 0.3) is 0 Å². The highest BCUT2D eigenvalue weighted by molar-refractivity contribution is 5.41. The summed E-state index contributed by atoms with van der Waals surface area (Å²) >= 11 is 0. The largest absolute Gasteiger partial charge is 0.405 e. The zero-order valence-corrected chi connectivity index (χ0v) is 11.6. The highest BCUT2D eigenvalue weighted by Crippen LogP contribution is 2.55. The van der Waals surface area contributed by atoms with E-state index in [1.165, 1.54) is 12.1 Å². The third kappa shape index (κ3) is 3.37. The van der Waals surface area contributed by atoms with E-state index in [0.29, 0.717) is 5.56 Å². The molecule has 6 heteroatoms. The molecule has 0 saturated heterocycles. The van der Waals surface area contributed by atoms with Crippen molar-refractivity contribution in [1.29, 1.82) is 0 Å². The molecular formula is C16H14F4N2. The molecule has 1 aromatic carbocycles. The summed E-state index contributed by atoms with van der Waals surface area (Å²) in [7, 11) is 0. The van der Waals surface area contributed by atoms with Crippen LogP contribution in [0.3, 0.4) is 0 Å². The Labute approximate surface area is 125 Å². The molecule has 3 rings (SSSR count). The summed E-state index contributed by atoms with van der Waals surface area (Å²) in [6.45, 7) is -1.11. The number of nitrogens with one attached hydrogen (secondary N) is 1. The minimum atomic E-state index is -4.27. The minimum absolute atomic E-state index is 0.122. The van der Waals surface area contributed by atoms with Crippen molar-refractivity contribution in [1.82, 2.24) is 4.98 Å². The molecule has 1 saturated carbocycles. The lowest BCUT2D eigenvalue weighted by Gasteiger charge is -2.09. The zero-order valence-electron chi connectivity index (χ0n) is 11.6. The van der Waals surface area contributed by atoms with Crippen molar-refractivity contribution in [3.8, 4) is 0 Å². The lowest BCUT2D eigenvalue weighted by atomic mass is 10.1. The molecule has 1 N–H and O–H groups in total. The van der Waals surface area contributed by atoms with Gasteiger partial charge in [0.1, 0.15) is 18.2 Å². The van der Waals surface area contributed by atoms with Gasteiger partial charge in [-0.05, 0) is 41.5 Å². The molecule has 0 spiro atoms. The quantitative estimate of drug-likeness (QED) is 0.843. The number of rotatable bonds is 4. The first-order valence-electron chi connectivity index (χ1n) is 6.95. The second-order valence-electron chi connectivity index (χ2n) is 5.42. The summed E-state index contributed by atoms with van der Waals surface area (Å²) in [5.74, 6) is 0.272. The Balaban J connectivity index is 1.64. The molecule has 0 aliphatic heterocycles. The van der Waals surface area contributed by atoms with Crippen LogP contribution in [0.2, 0.25) is 0 Å². The number of halogens is 4. The van der Waals surface area contributed by atoms with Gasteiger partial charge in [0.15, 0.2) is 0 Å². The van der Waals surface area contributed by atoms with Crippen LogP contribution < -0.4 is 5.32 Å². The highest BCUT2D eigenvalue weighted by atomic mass is 19.4. The van der Waals surface area contributed by atoms with E-state index in [4.69, 9.17) is 0 Å². The van der Waals surface area contributed by atoms with E-state index in [2.05, 4.69) is 10.3 Å². The molecule has 2 atom stereocenters. The van der Waals surface area contributed by atoms with E-state index in [9.17, 15) is 17.6 Å². The van der Waals surface area contributed by atoms with Crippen LogP contribution in [0.1, 0.15) is 29.4 Å². The molecule has 22 heavy (non-hydrogen) atoms. The van der Waals surface area contributed by atoms with E-state index >= 15 is 0 Å². The first-order chi connectivity index (χ1) is 10.4. The molecule has 0 bridgehead atoms. The fraction of sp³-hybridized carbons (Fsp3) is 0.312. The van der Waals surface area contributed by atoms with E-state index in [1.54, 1.807) is 30.5 Å². The summed E-state index contributed by atoms with van der Waals surface area (Å²) in [6, 6.07) is 9.93. The van der Waals surface area contributed by atoms with Gasteiger partial charge < -0.3 is 5.32 Å². The third-order valence-corrected chi connectivity index (χ3v) is 3.78. The molecular weight excluding hydrogens is 296 g/mol. The maximum Gasteiger partial charge on any atom is 0.405 e. The molecule has 1 aromatic heterocycles. The molecule has 1 aliphatic rings. The smallest absolute Gasteiger partial charge is 0.361 e. The van der Waals surface area contributed by atoms with Crippen LogP contribution in [-0.4, -0.2) is 17.7 Å². The second kappa shape index (κ2) is 5.59. The molecule has 116 valence electrons. The van der Waals surface area contributed by atoms with Crippen LogP contribution in [0.15, 0.2) is 42.6 Å². The van der Waals surface area contributed by atoms with Gasteiger partial charge in [0.05, 0.1) is 0 Å². The normalized spacial score (nSPS) is 20.7. The van der Waals surface area contributed by atoms with Crippen molar-refractivity contribution >= 4 is 5.82 Å². The van der Waals surface area contributed by atoms with Crippen molar-refractivity contribution < 1.29 is 17.6 Å². The van der Waals surface area contributed by atoms with Crippen molar-refractivity contribution in [3.05, 3.63) is 59.5 Å². The first-order valence-corrected chi connectivity index (χ1v) is 6.95. The molecule has 1 unspecified atom stereocenters. The molecule has 0 radical (unpaired) electrons. The van der Waals surface area contributed by atoms with Crippen LogP contribution in [-0.2, 0) is 0 Å². The lowest BCUT2D eigenvalue weighted by molar-refractivity contribution is -0.115. The first kappa shape index (κ1) is 14.8. The van der Waals surface area contributed by atoms with Gasteiger partial charge in [-0.25, -0.2) is 9.37 Å². The lowest BCUT2D eigenvalue weighted by Crippen LogP contribution is -2.21. The molecule has 0 amide bonds. The summed E-state index contributed by atoms with van der Waals surface area (Å²) in [5, 5.41) is 2.23. The Kier molecular flexibility index (Phi) is 3.76. The number of alkyl halides is 3. The van der Waals surface area contributed by atoms with Crippen molar-refractivity contribution in [2.24, 2.45) is 0 Å². The number of pyridine rings is 1.